The Morgan fingerprint density at radius 2 is 1.97 bits per heavy atom. The highest BCUT2D eigenvalue weighted by Gasteiger charge is 2.20. The minimum atomic E-state index is -0.710. The molecule has 9 nitrogen and oxygen atoms in total. The third-order valence-electron chi connectivity index (χ3n) is 4.57. The van der Waals surface area contributed by atoms with Gasteiger partial charge in [0, 0.05) is 22.2 Å². The van der Waals surface area contributed by atoms with Crippen molar-refractivity contribution in [1.29, 1.82) is 0 Å². The Kier molecular flexibility index (Phi) is 7.05. The summed E-state index contributed by atoms with van der Waals surface area (Å²) in [5, 5.41) is 15.0. The number of ether oxygens (including phenoxy) is 1. The van der Waals surface area contributed by atoms with Crippen LogP contribution in [0, 0.1) is 11.6 Å². The van der Waals surface area contributed by atoms with Crippen LogP contribution in [0.25, 0.3) is 21.3 Å². The van der Waals surface area contributed by atoms with Crippen LogP contribution in [0.15, 0.2) is 44.4 Å². The lowest BCUT2D eigenvalue weighted by molar-refractivity contribution is 0.244. The van der Waals surface area contributed by atoms with Gasteiger partial charge in [0.2, 0.25) is 0 Å². The predicted octanol–water partition coefficient (Wildman–Crippen LogP) is 4.81. The number of thiophene rings is 1. The molecule has 0 aliphatic rings. The summed E-state index contributed by atoms with van der Waals surface area (Å²) in [6.45, 7) is 3.61. The van der Waals surface area contributed by atoms with Gasteiger partial charge in [0.25, 0.3) is 0 Å². The van der Waals surface area contributed by atoms with E-state index in [0.717, 1.165) is 17.2 Å². The molecule has 0 fully saturated rings. The molecule has 0 unspecified atom stereocenters. The zero-order valence-electron chi connectivity index (χ0n) is 17.9. The fraction of sp³-hybridized carbons (Fsp3) is 0.238. The van der Waals surface area contributed by atoms with E-state index in [1.807, 2.05) is 13.8 Å². The molecule has 0 bridgehead atoms. The fourth-order valence-corrected chi connectivity index (χ4v) is 4.50. The van der Waals surface area contributed by atoms with E-state index in [1.54, 1.807) is 6.07 Å². The van der Waals surface area contributed by atoms with Crippen molar-refractivity contribution in [2.45, 2.75) is 26.4 Å². The topological polar surface area (TPSA) is 117 Å². The number of halogens is 3. The monoisotopic (exact) mass is 553 g/mol. The van der Waals surface area contributed by atoms with Gasteiger partial charge in [-0.1, -0.05) is 21.1 Å². The highest BCUT2D eigenvalue weighted by molar-refractivity contribution is 9.10. The van der Waals surface area contributed by atoms with Crippen molar-refractivity contribution in [2.24, 2.45) is 0 Å². The van der Waals surface area contributed by atoms with Crippen LogP contribution in [0.5, 0.6) is 5.75 Å². The van der Waals surface area contributed by atoms with E-state index in [1.165, 1.54) is 23.7 Å². The fourth-order valence-electron chi connectivity index (χ4n) is 3.10. The third-order valence-corrected chi connectivity index (χ3v) is 6.17. The van der Waals surface area contributed by atoms with Gasteiger partial charge in [-0.15, -0.1) is 11.3 Å². The van der Waals surface area contributed by atoms with Crippen LogP contribution < -0.4 is 15.6 Å². The summed E-state index contributed by atoms with van der Waals surface area (Å²) in [4.78, 5) is 23.4. The highest BCUT2D eigenvalue weighted by Crippen LogP contribution is 2.41. The van der Waals surface area contributed by atoms with E-state index < -0.39 is 17.4 Å². The molecular formula is C21H18BrF2N5O4S. The Bertz CT molecular complexity index is 1350. The summed E-state index contributed by atoms with van der Waals surface area (Å²) in [7, 11) is 0. The molecule has 0 radical (unpaired) electrons. The van der Waals surface area contributed by atoms with Crippen molar-refractivity contribution in [1.82, 2.24) is 20.1 Å². The quantitative estimate of drug-likeness (QED) is 0.298. The molecule has 0 atom stereocenters. The van der Waals surface area contributed by atoms with Crippen LogP contribution in [0.4, 0.5) is 14.6 Å². The van der Waals surface area contributed by atoms with Crippen molar-refractivity contribution in [2.75, 3.05) is 11.6 Å². The second-order valence-electron chi connectivity index (χ2n) is 7.40. The Labute approximate surface area is 204 Å². The summed E-state index contributed by atoms with van der Waals surface area (Å²) in [6.07, 6.45) is 1.03. The molecule has 178 valence electrons. The van der Waals surface area contributed by atoms with E-state index in [2.05, 4.69) is 40.6 Å². The van der Waals surface area contributed by atoms with Gasteiger partial charge >= 0.3 is 5.76 Å². The zero-order valence-corrected chi connectivity index (χ0v) is 20.3. The van der Waals surface area contributed by atoms with Crippen LogP contribution in [0.1, 0.15) is 19.4 Å². The molecular weight excluding hydrogens is 536 g/mol. The standard InChI is InChI=1S/C21H18BrF2N5O4S/c1-10(2)32-16-8-17(34-19(16)20-27-21(30)33-28-20)15-7-18(26-9-25-15)29(31)4-3-12-13(23)5-11(22)6-14(12)24/h5-10,31H,3-4H2,1-2H3,(H,27,28,30). The largest absolute Gasteiger partial charge is 0.489 e. The SMILES string of the molecule is CC(C)Oc1cc(-c2cc(N(O)CCc3c(F)cc(Br)cc3F)ncn2)sc1-c1noc(=O)[nH]1. The second kappa shape index (κ2) is 9.99. The van der Waals surface area contributed by atoms with E-state index in [0.29, 0.717) is 25.7 Å². The van der Waals surface area contributed by atoms with E-state index in [9.17, 15) is 18.8 Å². The summed E-state index contributed by atoms with van der Waals surface area (Å²) in [5.41, 5.74) is 0.317. The minimum absolute atomic E-state index is 0.0875. The molecule has 4 rings (SSSR count). The number of aromatic amines is 1. The smallest absolute Gasteiger partial charge is 0.439 e. The van der Waals surface area contributed by atoms with E-state index in [-0.39, 0.29) is 36.3 Å². The number of hydrogen-bond donors (Lipinski definition) is 2. The van der Waals surface area contributed by atoms with Gasteiger partial charge in [-0.25, -0.2) is 28.6 Å². The van der Waals surface area contributed by atoms with E-state index in [4.69, 9.17) is 4.74 Å². The Hall–Kier alpha value is -3.16. The summed E-state index contributed by atoms with van der Waals surface area (Å²) >= 11 is 4.28. The first kappa shape index (κ1) is 24.0. The van der Waals surface area contributed by atoms with Crippen molar-refractivity contribution in [3.63, 3.8) is 0 Å². The third kappa shape index (κ3) is 5.32. The number of hydroxylamine groups is 1. The maximum absolute atomic E-state index is 14.1. The molecule has 34 heavy (non-hydrogen) atoms. The van der Waals surface area contributed by atoms with Crippen LogP contribution in [0.3, 0.4) is 0 Å². The molecule has 13 heteroatoms. The molecule has 2 N–H and O–H groups in total. The number of benzene rings is 1. The van der Waals surface area contributed by atoms with Crippen molar-refractivity contribution in [3.05, 3.63) is 62.8 Å². The molecule has 0 amide bonds. The summed E-state index contributed by atoms with van der Waals surface area (Å²) < 4.78 is 38.9. The number of anilines is 1. The first-order chi connectivity index (χ1) is 16.2. The summed E-state index contributed by atoms with van der Waals surface area (Å²) in [5.74, 6) is -1.29. The second-order valence-corrected chi connectivity index (χ2v) is 9.36. The average Bonchev–Trinajstić information content (AvgIpc) is 3.38. The van der Waals surface area contributed by atoms with Crippen molar-refractivity contribution >= 4 is 33.1 Å². The Morgan fingerprint density at radius 3 is 2.62 bits per heavy atom. The molecule has 0 spiro atoms. The van der Waals surface area contributed by atoms with Gasteiger partial charge in [0.15, 0.2) is 11.6 Å². The molecule has 4 aromatic rings. The van der Waals surface area contributed by atoms with Gasteiger partial charge in [-0.3, -0.25) is 14.7 Å². The maximum Gasteiger partial charge on any atom is 0.439 e. The number of H-pyrrole nitrogens is 1. The van der Waals surface area contributed by atoms with Crippen molar-refractivity contribution < 1.29 is 23.2 Å². The number of aromatic nitrogens is 4. The zero-order chi connectivity index (χ0) is 24.4. The van der Waals surface area contributed by atoms with Crippen molar-refractivity contribution in [3.8, 4) is 27.0 Å². The predicted molar refractivity (Wildman–Crippen MR) is 124 cm³/mol. The lowest BCUT2D eigenvalue weighted by Gasteiger charge is -2.16. The molecule has 0 aliphatic carbocycles. The Morgan fingerprint density at radius 1 is 1.24 bits per heavy atom. The Balaban J connectivity index is 1.58. The van der Waals surface area contributed by atoms with Crippen LogP contribution in [0.2, 0.25) is 0 Å². The van der Waals surface area contributed by atoms with Gasteiger partial charge < -0.3 is 4.74 Å². The first-order valence-corrected chi connectivity index (χ1v) is 11.6. The van der Waals surface area contributed by atoms with E-state index >= 15 is 0 Å². The normalized spacial score (nSPS) is 11.3. The molecule has 0 saturated heterocycles. The lowest BCUT2D eigenvalue weighted by Crippen LogP contribution is -2.23. The lowest BCUT2D eigenvalue weighted by atomic mass is 10.1. The van der Waals surface area contributed by atoms with Crippen LogP contribution in [-0.2, 0) is 6.42 Å². The molecule has 3 aromatic heterocycles. The molecule has 1 aromatic carbocycles. The molecule has 0 saturated carbocycles. The molecule has 0 aliphatic heterocycles. The maximum atomic E-state index is 14.1. The highest BCUT2D eigenvalue weighted by atomic mass is 79.9. The van der Waals surface area contributed by atoms with Gasteiger partial charge in [-0.05, 0) is 32.4 Å². The number of nitrogens with one attached hydrogen (secondary N) is 1. The van der Waals surface area contributed by atoms with Gasteiger partial charge in [-0.2, -0.15) is 0 Å². The first-order valence-electron chi connectivity index (χ1n) is 10.0. The number of hydrogen-bond acceptors (Lipinski definition) is 9. The number of nitrogens with zero attached hydrogens (tertiary/aromatic N) is 4. The minimum Gasteiger partial charge on any atom is -0.489 e. The van der Waals surface area contributed by atoms with Gasteiger partial charge in [0.05, 0.1) is 23.2 Å². The van der Waals surface area contributed by atoms with Gasteiger partial charge in [0.1, 0.15) is 28.6 Å². The van der Waals surface area contributed by atoms with Crippen LogP contribution in [-0.4, -0.2) is 38.0 Å². The summed E-state index contributed by atoms with van der Waals surface area (Å²) in [6, 6.07) is 5.58. The average molecular weight is 554 g/mol. The van der Waals surface area contributed by atoms with Crippen LogP contribution >= 0.6 is 27.3 Å². The number of rotatable bonds is 8. The molecule has 3 heterocycles.